The molecule has 8 heteroatoms. The zero-order valence-electron chi connectivity index (χ0n) is 19.9. The number of aryl methyl sites for hydroxylation is 1. The fraction of sp³-hybridized carbons (Fsp3) is 0.333. The normalized spacial score (nSPS) is 14.5. The molecule has 4 heterocycles. The predicted molar refractivity (Wildman–Crippen MR) is 132 cm³/mol. The summed E-state index contributed by atoms with van der Waals surface area (Å²) in [5.41, 5.74) is 3.19. The lowest BCUT2D eigenvalue weighted by Gasteiger charge is -2.31. The fourth-order valence-corrected chi connectivity index (χ4v) is 4.80. The van der Waals surface area contributed by atoms with Crippen molar-refractivity contribution >= 4 is 28.6 Å². The molecule has 1 aliphatic rings. The van der Waals surface area contributed by atoms with Gasteiger partial charge in [-0.25, -0.2) is 4.98 Å². The summed E-state index contributed by atoms with van der Waals surface area (Å²) in [6.07, 6.45) is 2.83. The van der Waals surface area contributed by atoms with Crippen molar-refractivity contribution in [1.82, 2.24) is 18.9 Å². The number of amides is 1. The number of rotatable bonds is 5. The number of ether oxygens (including phenoxy) is 1. The van der Waals surface area contributed by atoms with E-state index in [0.29, 0.717) is 61.5 Å². The summed E-state index contributed by atoms with van der Waals surface area (Å²) in [4.78, 5) is 45.8. The van der Waals surface area contributed by atoms with Crippen molar-refractivity contribution < 1.29 is 14.3 Å². The largest absolute Gasteiger partial charge is 0.466 e. The lowest BCUT2D eigenvalue weighted by molar-refractivity contribution is -0.149. The van der Waals surface area contributed by atoms with Gasteiger partial charge in [-0.05, 0) is 49.9 Å². The molecule has 35 heavy (non-hydrogen) atoms. The maximum absolute atomic E-state index is 13.7. The van der Waals surface area contributed by atoms with E-state index >= 15 is 0 Å². The molecule has 4 aromatic rings. The number of aromatic nitrogens is 3. The monoisotopic (exact) mass is 472 g/mol. The number of esters is 1. The Balaban J connectivity index is 1.57. The average Bonchev–Trinajstić information content (AvgIpc) is 3.24. The molecule has 0 saturated carbocycles. The smallest absolute Gasteiger partial charge is 0.309 e. The molecule has 1 fully saturated rings. The summed E-state index contributed by atoms with van der Waals surface area (Å²) in [5.74, 6) is -0.544. The summed E-state index contributed by atoms with van der Waals surface area (Å²) in [6, 6.07) is 15.2. The van der Waals surface area contributed by atoms with E-state index < -0.39 is 0 Å². The fourth-order valence-electron chi connectivity index (χ4n) is 4.80. The van der Waals surface area contributed by atoms with Gasteiger partial charge in [0.15, 0.2) is 0 Å². The van der Waals surface area contributed by atoms with Crippen LogP contribution in [0.2, 0.25) is 0 Å². The lowest BCUT2D eigenvalue weighted by atomic mass is 9.97. The number of likely N-dealkylation sites (tertiary alicyclic amines) is 1. The second-order valence-electron chi connectivity index (χ2n) is 8.96. The highest BCUT2D eigenvalue weighted by Gasteiger charge is 2.31. The van der Waals surface area contributed by atoms with Crippen LogP contribution in [0.5, 0.6) is 0 Å². The highest BCUT2D eigenvalue weighted by atomic mass is 16.5. The number of pyridine rings is 1. The molecule has 1 aromatic carbocycles. The van der Waals surface area contributed by atoms with Crippen LogP contribution in [0.4, 0.5) is 0 Å². The van der Waals surface area contributed by atoms with Crippen LogP contribution in [0.25, 0.3) is 16.7 Å². The molecule has 3 aromatic heterocycles. The van der Waals surface area contributed by atoms with Gasteiger partial charge < -0.3 is 14.2 Å². The number of piperidine rings is 1. The first-order chi connectivity index (χ1) is 17.0. The van der Waals surface area contributed by atoms with Gasteiger partial charge >= 0.3 is 5.97 Å². The molecule has 180 valence electrons. The maximum Gasteiger partial charge on any atom is 0.309 e. The molecule has 1 aliphatic heterocycles. The highest BCUT2D eigenvalue weighted by Crippen LogP contribution is 2.24. The van der Waals surface area contributed by atoms with Gasteiger partial charge in [0.05, 0.1) is 17.9 Å². The number of benzene rings is 1. The van der Waals surface area contributed by atoms with Gasteiger partial charge in [0.1, 0.15) is 17.0 Å². The van der Waals surface area contributed by atoms with E-state index in [1.165, 1.54) is 4.40 Å². The first-order valence-corrected chi connectivity index (χ1v) is 12.0. The van der Waals surface area contributed by atoms with Gasteiger partial charge in [-0.1, -0.05) is 36.4 Å². The van der Waals surface area contributed by atoms with Crippen molar-refractivity contribution in [2.24, 2.45) is 5.92 Å². The number of carbonyl (C=O) groups excluding carboxylic acids is 2. The average molecular weight is 473 g/mol. The van der Waals surface area contributed by atoms with Crippen molar-refractivity contribution in [2.75, 3.05) is 19.7 Å². The molecule has 0 unspecified atom stereocenters. The topological polar surface area (TPSA) is 85.9 Å². The minimum atomic E-state index is -0.199. The number of carbonyl (C=O) groups is 2. The summed E-state index contributed by atoms with van der Waals surface area (Å²) in [6.45, 7) is 5.40. The van der Waals surface area contributed by atoms with Crippen molar-refractivity contribution in [3.8, 4) is 0 Å². The van der Waals surface area contributed by atoms with Crippen LogP contribution in [0.3, 0.4) is 0 Å². The van der Waals surface area contributed by atoms with Crippen LogP contribution in [0, 0.1) is 12.8 Å². The van der Waals surface area contributed by atoms with E-state index in [1.54, 1.807) is 24.1 Å². The maximum atomic E-state index is 13.7. The summed E-state index contributed by atoms with van der Waals surface area (Å²) in [7, 11) is 0. The third kappa shape index (κ3) is 4.20. The predicted octanol–water partition coefficient (Wildman–Crippen LogP) is 3.42. The SMILES string of the molecule is CCOC(=O)C1CCN(C(=O)c2cc3c(=O)n4cccc(C)c4nc3n2Cc2ccccc2)CC1. The molecular weight excluding hydrogens is 444 g/mol. The third-order valence-electron chi connectivity index (χ3n) is 6.70. The first kappa shape index (κ1) is 22.8. The molecule has 1 saturated heterocycles. The van der Waals surface area contributed by atoms with Crippen LogP contribution in [-0.4, -0.2) is 50.4 Å². The zero-order chi connectivity index (χ0) is 24.5. The van der Waals surface area contributed by atoms with E-state index in [-0.39, 0.29) is 23.4 Å². The first-order valence-electron chi connectivity index (χ1n) is 12.0. The van der Waals surface area contributed by atoms with E-state index in [9.17, 15) is 14.4 Å². The number of fused-ring (bicyclic) bond motifs is 2. The van der Waals surface area contributed by atoms with Gasteiger partial charge in [0.2, 0.25) is 0 Å². The Hall–Kier alpha value is -3.94. The Morgan fingerprint density at radius 2 is 1.80 bits per heavy atom. The Morgan fingerprint density at radius 3 is 2.51 bits per heavy atom. The van der Waals surface area contributed by atoms with Gasteiger partial charge in [-0.3, -0.25) is 18.8 Å². The van der Waals surface area contributed by atoms with Crippen LogP contribution in [0.15, 0.2) is 59.5 Å². The van der Waals surface area contributed by atoms with Gasteiger partial charge in [-0.15, -0.1) is 0 Å². The minimum absolute atomic E-state index is 0.161. The molecule has 1 amide bonds. The minimum Gasteiger partial charge on any atom is -0.466 e. The van der Waals surface area contributed by atoms with Crippen molar-refractivity contribution in [1.29, 1.82) is 0 Å². The summed E-state index contributed by atoms with van der Waals surface area (Å²) >= 11 is 0. The van der Waals surface area contributed by atoms with Crippen LogP contribution < -0.4 is 5.56 Å². The molecule has 5 rings (SSSR count). The van der Waals surface area contributed by atoms with Crippen molar-refractivity contribution in [3.05, 3.63) is 81.9 Å². The highest BCUT2D eigenvalue weighted by molar-refractivity contribution is 5.98. The summed E-state index contributed by atoms with van der Waals surface area (Å²) in [5, 5.41) is 0.411. The van der Waals surface area contributed by atoms with Gasteiger partial charge in [0.25, 0.3) is 11.5 Å². The molecule has 0 radical (unpaired) electrons. The quantitative estimate of drug-likeness (QED) is 0.416. The Bertz CT molecular complexity index is 1460. The van der Waals surface area contributed by atoms with Crippen LogP contribution in [0.1, 0.15) is 41.4 Å². The molecule has 0 bridgehead atoms. The third-order valence-corrected chi connectivity index (χ3v) is 6.70. The van der Waals surface area contributed by atoms with Crippen molar-refractivity contribution in [2.45, 2.75) is 33.2 Å². The zero-order valence-corrected chi connectivity index (χ0v) is 19.9. The number of nitrogens with zero attached hydrogens (tertiary/aromatic N) is 4. The summed E-state index contributed by atoms with van der Waals surface area (Å²) < 4.78 is 8.53. The standard InChI is InChI=1S/C27H28N4O4/c1-3-35-27(34)20-11-14-29(15-12-20)26(33)22-16-21-24(31(22)17-19-9-5-4-6-10-19)28-23-18(2)8-7-13-30(23)25(21)32/h4-10,13,16,20H,3,11-12,14-15,17H2,1-2H3. The Labute approximate surface area is 202 Å². The van der Waals surface area contributed by atoms with Crippen molar-refractivity contribution in [3.63, 3.8) is 0 Å². The van der Waals surface area contributed by atoms with E-state index in [2.05, 4.69) is 0 Å². The van der Waals surface area contributed by atoms with Gasteiger partial charge in [0, 0.05) is 25.8 Å². The molecule has 8 nitrogen and oxygen atoms in total. The molecular formula is C27H28N4O4. The Kier molecular flexibility index (Phi) is 6.11. The van der Waals surface area contributed by atoms with Crippen LogP contribution in [-0.2, 0) is 16.1 Å². The number of hydrogen-bond acceptors (Lipinski definition) is 5. The van der Waals surface area contributed by atoms with E-state index in [1.807, 2.05) is 54.0 Å². The Morgan fingerprint density at radius 1 is 1.06 bits per heavy atom. The van der Waals surface area contributed by atoms with E-state index in [0.717, 1.165) is 11.1 Å². The second kappa shape index (κ2) is 9.37. The molecule has 0 N–H and O–H groups in total. The number of hydrogen-bond donors (Lipinski definition) is 0. The second-order valence-corrected chi connectivity index (χ2v) is 8.96. The van der Waals surface area contributed by atoms with E-state index in [4.69, 9.17) is 9.72 Å². The van der Waals surface area contributed by atoms with Crippen LogP contribution >= 0.6 is 0 Å². The molecule has 0 atom stereocenters. The van der Waals surface area contributed by atoms with Gasteiger partial charge in [-0.2, -0.15) is 0 Å². The molecule has 0 spiro atoms. The molecule has 0 aliphatic carbocycles. The lowest BCUT2D eigenvalue weighted by Crippen LogP contribution is -2.41.